The fourth-order valence-electron chi connectivity index (χ4n) is 1.33. The van der Waals surface area contributed by atoms with Crippen molar-refractivity contribution in [3.63, 3.8) is 0 Å². The molecule has 0 fully saturated rings. The number of carbonyl (C=O) groups excluding carboxylic acids is 1. The van der Waals surface area contributed by atoms with E-state index in [0.29, 0.717) is 5.02 Å². The Labute approximate surface area is 124 Å². The first kappa shape index (κ1) is 14.3. The topological polar surface area (TPSA) is 52.1 Å². The van der Waals surface area contributed by atoms with Gasteiger partial charge in [-0.1, -0.05) is 46.8 Å². The minimum absolute atomic E-state index is 0.270. The van der Waals surface area contributed by atoms with E-state index in [9.17, 15) is 4.79 Å². The summed E-state index contributed by atoms with van der Waals surface area (Å²) in [6.45, 7) is 1.78. The van der Waals surface area contributed by atoms with E-state index in [0.717, 1.165) is 14.9 Å². The Balaban J connectivity index is 2.11. The Kier molecular flexibility index (Phi) is 4.79. The lowest BCUT2D eigenvalue weighted by Gasteiger charge is -2.04. The maximum atomic E-state index is 11.3. The van der Waals surface area contributed by atoms with E-state index in [1.54, 1.807) is 6.92 Å². The first-order valence-electron chi connectivity index (χ1n) is 5.44. The molecule has 0 amide bonds. The van der Waals surface area contributed by atoms with Gasteiger partial charge >= 0.3 is 5.97 Å². The Morgan fingerprint density at radius 2 is 2.05 bits per heavy atom. The van der Waals surface area contributed by atoms with Gasteiger partial charge in [0.25, 0.3) is 0 Å². The van der Waals surface area contributed by atoms with Crippen molar-refractivity contribution in [1.82, 2.24) is 10.2 Å². The van der Waals surface area contributed by atoms with Crippen LogP contribution in [0.2, 0.25) is 5.02 Å². The normalized spacial score (nSPS) is 12.2. The number of aromatic nitrogens is 2. The van der Waals surface area contributed by atoms with Crippen LogP contribution in [0, 0.1) is 0 Å². The summed E-state index contributed by atoms with van der Waals surface area (Å²) in [6.07, 6.45) is 0. The molecule has 19 heavy (non-hydrogen) atoms. The zero-order chi connectivity index (χ0) is 13.8. The molecular weight excluding hydrogens is 304 g/mol. The quantitative estimate of drug-likeness (QED) is 0.638. The lowest BCUT2D eigenvalue weighted by Crippen LogP contribution is -2.14. The number of thioether (sulfide) groups is 1. The Bertz CT molecular complexity index is 571. The van der Waals surface area contributed by atoms with Crippen molar-refractivity contribution in [3.8, 4) is 10.6 Å². The van der Waals surface area contributed by atoms with Gasteiger partial charge in [-0.3, -0.25) is 4.79 Å². The van der Waals surface area contributed by atoms with Crippen LogP contribution in [-0.4, -0.2) is 28.5 Å². The summed E-state index contributed by atoms with van der Waals surface area (Å²) in [6, 6.07) is 7.40. The number of nitrogens with zero attached hydrogens (tertiary/aromatic N) is 2. The summed E-state index contributed by atoms with van der Waals surface area (Å²) < 4.78 is 5.41. The number of halogens is 1. The molecule has 1 aromatic heterocycles. The molecule has 1 heterocycles. The van der Waals surface area contributed by atoms with Crippen LogP contribution in [0.25, 0.3) is 10.6 Å². The van der Waals surface area contributed by atoms with Crippen molar-refractivity contribution in [1.29, 1.82) is 0 Å². The van der Waals surface area contributed by atoms with E-state index in [-0.39, 0.29) is 11.2 Å². The molecule has 2 aromatic rings. The van der Waals surface area contributed by atoms with Crippen molar-refractivity contribution in [2.24, 2.45) is 0 Å². The summed E-state index contributed by atoms with van der Waals surface area (Å²) in [5, 5.41) is 9.36. The number of ether oxygens (including phenoxy) is 1. The molecule has 0 spiro atoms. The third kappa shape index (κ3) is 3.68. The summed E-state index contributed by atoms with van der Waals surface area (Å²) in [4.78, 5) is 11.3. The first-order chi connectivity index (χ1) is 9.10. The van der Waals surface area contributed by atoms with Crippen LogP contribution in [0.3, 0.4) is 0 Å². The maximum Gasteiger partial charge on any atom is 0.318 e. The largest absolute Gasteiger partial charge is 0.468 e. The van der Waals surface area contributed by atoms with Crippen molar-refractivity contribution in [2.45, 2.75) is 16.5 Å². The predicted octanol–water partition coefficient (Wildman–Crippen LogP) is 3.51. The van der Waals surface area contributed by atoms with Crippen LogP contribution in [0.4, 0.5) is 0 Å². The molecule has 2 rings (SSSR count). The van der Waals surface area contributed by atoms with Gasteiger partial charge in [0.1, 0.15) is 10.3 Å². The molecule has 0 saturated heterocycles. The zero-order valence-electron chi connectivity index (χ0n) is 10.3. The molecule has 0 saturated carbocycles. The van der Waals surface area contributed by atoms with Crippen LogP contribution < -0.4 is 0 Å². The highest BCUT2D eigenvalue weighted by Crippen LogP contribution is 2.32. The number of benzene rings is 1. The Hall–Kier alpha value is -1.11. The number of methoxy groups -OCH3 is 1. The maximum absolute atomic E-state index is 11.3. The second-order valence-corrected chi connectivity index (χ2v) is 6.67. The average Bonchev–Trinajstić information content (AvgIpc) is 2.87. The molecule has 4 nitrogen and oxygen atoms in total. The van der Waals surface area contributed by atoms with Gasteiger partial charge in [0.15, 0.2) is 4.34 Å². The molecule has 0 N–H and O–H groups in total. The molecule has 0 aliphatic heterocycles. The Morgan fingerprint density at radius 3 is 2.68 bits per heavy atom. The highest BCUT2D eigenvalue weighted by Gasteiger charge is 2.17. The van der Waals surface area contributed by atoms with Crippen molar-refractivity contribution in [3.05, 3.63) is 29.3 Å². The van der Waals surface area contributed by atoms with Gasteiger partial charge in [-0.25, -0.2) is 0 Å². The molecular formula is C12H11ClN2O2S2. The molecule has 1 aromatic carbocycles. The van der Waals surface area contributed by atoms with Crippen molar-refractivity contribution >= 4 is 40.7 Å². The van der Waals surface area contributed by atoms with Gasteiger partial charge in [-0.2, -0.15) is 0 Å². The van der Waals surface area contributed by atoms with Crippen molar-refractivity contribution in [2.75, 3.05) is 7.11 Å². The Morgan fingerprint density at radius 1 is 1.37 bits per heavy atom. The third-order valence-electron chi connectivity index (χ3n) is 2.31. The SMILES string of the molecule is COC(=O)C(C)Sc1nnc(-c2ccc(Cl)cc2)s1. The number of rotatable bonds is 4. The minimum Gasteiger partial charge on any atom is -0.468 e. The molecule has 1 unspecified atom stereocenters. The van der Waals surface area contributed by atoms with Crippen LogP contribution in [0.5, 0.6) is 0 Å². The van der Waals surface area contributed by atoms with Gasteiger partial charge < -0.3 is 4.74 Å². The number of hydrogen-bond acceptors (Lipinski definition) is 6. The van der Waals surface area contributed by atoms with Crippen LogP contribution in [-0.2, 0) is 9.53 Å². The van der Waals surface area contributed by atoms with Crippen LogP contribution >= 0.6 is 34.7 Å². The lowest BCUT2D eigenvalue weighted by molar-refractivity contribution is -0.139. The van der Waals surface area contributed by atoms with E-state index < -0.39 is 0 Å². The van der Waals surface area contributed by atoms with Gasteiger partial charge in [-0.05, 0) is 19.1 Å². The standard InChI is InChI=1S/C12H11ClN2O2S2/c1-7(11(16)17-2)18-12-15-14-10(19-12)8-3-5-9(13)6-4-8/h3-7H,1-2H3. The molecule has 0 aliphatic carbocycles. The minimum atomic E-state index is -0.295. The summed E-state index contributed by atoms with van der Waals surface area (Å²) in [5.74, 6) is -0.270. The fourth-order valence-corrected chi connectivity index (χ4v) is 3.49. The fraction of sp³-hybridized carbons (Fsp3) is 0.250. The van der Waals surface area contributed by atoms with Gasteiger partial charge in [0, 0.05) is 10.6 Å². The lowest BCUT2D eigenvalue weighted by atomic mass is 10.2. The van der Waals surface area contributed by atoms with Gasteiger partial charge in [0.2, 0.25) is 0 Å². The molecule has 1 atom stereocenters. The number of esters is 1. The van der Waals surface area contributed by atoms with Crippen LogP contribution in [0.15, 0.2) is 28.6 Å². The van der Waals surface area contributed by atoms with E-state index >= 15 is 0 Å². The number of carbonyl (C=O) groups is 1. The van der Waals surface area contributed by atoms with Gasteiger partial charge in [-0.15, -0.1) is 10.2 Å². The number of hydrogen-bond donors (Lipinski definition) is 0. The first-order valence-corrected chi connectivity index (χ1v) is 7.51. The summed E-state index contributed by atoms with van der Waals surface area (Å²) in [5.41, 5.74) is 0.958. The summed E-state index contributed by atoms with van der Waals surface area (Å²) >= 11 is 8.61. The highest BCUT2D eigenvalue weighted by atomic mass is 35.5. The van der Waals surface area contributed by atoms with E-state index in [4.69, 9.17) is 11.6 Å². The second-order valence-electron chi connectivity index (χ2n) is 3.66. The van der Waals surface area contributed by atoms with Crippen molar-refractivity contribution < 1.29 is 9.53 Å². The van der Waals surface area contributed by atoms with E-state index in [1.807, 2.05) is 24.3 Å². The summed E-state index contributed by atoms with van der Waals surface area (Å²) in [7, 11) is 1.37. The highest BCUT2D eigenvalue weighted by molar-refractivity contribution is 8.02. The van der Waals surface area contributed by atoms with Gasteiger partial charge in [0.05, 0.1) is 7.11 Å². The van der Waals surface area contributed by atoms with E-state index in [2.05, 4.69) is 14.9 Å². The average molecular weight is 315 g/mol. The third-order valence-corrected chi connectivity index (χ3v) is 4.70. The van der Waals surface area contributed by atoms with Crippen LogP contribution in [0.1, 0.15) is 6.92 Å². The smallest absolute Gasteiger partial charge is 0.318 e. The molecule has 7 heteroatoms. The monoisotopic (exact) mass is 314 g/mol. The molecule has 0 bridgehead atoms. The predicted molar refractivity (Wildman–Crippen MR) is 77.7 cm³/mol. The molecule has 0 radical (unpaired) electrons. The molecule has 100 valence electrons. The zero-order valence-corrected chi connectivity index (χ0v) is 12.7. The van der Waals surface area contributed by atoms with E-state index in [1.165, 1.54) is 30.2 Å². The second kappa shape index (κ2) is 6.36. The molecule has 0 aliphatic rings.